The Balaban J connectivity index is 2.43. The van der Waals surface area contributed by atoms with E-state index >= 15 is 0 Å². The minimum absolute atomic E-state index is 0.189. The highest BCUT2D eigenvalue weighted by molar-refractivity contribution is 5.76. The van der Waals surface area contributed by atoms with Crippen LogP contribution in [0.1, 0.15) is 50.9 Å². The molecule has 1 aromatic heterocycles. The molecule has 98 valence electrons. The van der Waals surface area contributed by atoms with E-state index in [2.05, 4.69) is 49.8 Å². The third kappa shape index (κ3) is 2.41. The monoisotopic (exact) mass is 246 g/mol. The van der Waals surface area contributed by atoms with Crippen LogP contribution in [0, 0.1) is 5.92 Å². The lowest BCUT2D eigenvalue weighted by molar-refractivity contribution is 0.237. The number of rotatable bonds is 4. The molecule has 1 atom stereocenters. The Labute approximate surface area is 108 Å². The smallest absolute Gasteiger partial charge is 0.109 e. The van der Waals surface area contributed by atoms with Crippen LogP contribution in [0.2, 0.25) is 0 Å². The predicted octanol–water partition coefficient (Wildman–Crippen LogP) is 3.42. The summed E-state index contributed by atoms with van der Waals surface area (Å²) in [6.45, 7) is 8.72. The van der Waals surface area contributed by atoms with Crippen molar-refractivity contribution >= 4 is 11.0 Å². The van der Waals surface area contributed by atoms with Gasteiger partial charge in [0.25, 0.3) is 0 Å². The number of aromatic amines is 1. The molecule has 2 aromatic rings. The molecule has 1 aromatic carbocycles. The Morgan fingerprint density at radius 1 is 1.22 bits per heavy atom. The van der Waals surface area contributed by atoms with Crippen molar-refractivity contribution in [3.63, 3.8) is 0 Å². The zero-order chi connectivity index (χ0) is 13.3. The average molecular weight is 246 g/mol. The first kappa shape index (κ1) is 13.1. The van der Waals surface area contributed by atoms with Crippen LogP contribution < -0.4 is 0 Å². The van der Waals surface area contributed by atoms with Crippen LogP contribution in [0.4, 0.5) is 0 Å². The van der Waals surface area contributed by atoms with Crippen molar-refractivity contribution < 1.29 is 5.11 Å². The molecule has 2 N–H and O–H groups in total. The summed E-state index contributed by atoms with van der Waals surface area (Å²) in [7, 11) is 0. The molecule has 3 heteroatoms. The van der Waals surface area contributed by atoms with Gasteiger partial charge in [-0.3, -0.25) is 0 Å². The second-order valence-corrected chi connectivity index (χ2v) is 5.59. The molecule has 0 radical (unpaired) electrons. The Bertz CT molecular complexity index is 528. The minimum atomic E-state index is 0.189. The van der Waals surface area contributed by atoms with Gasteiger partial charge in [0.1, 0.15) is 5.82 Å². The number of H-pyrrole nitrogens is 1. The summed E-state index contributed by atoms with van der Waals surface area (Å²) in [6.07, 6.45) is 0. The number of aliphatic hydroxyl groups is 1. The molecule has 0 aliphatic rings. The molecule has 3 nitrogen and oxygen atoms in total. The number of hydrogen-bond donors (Lipinski definition) is 2. The second kappa shape index (κ2) is 5.11. The van der Waals surface area contributed by atoms with E-state index < -0.39 is 0 Å². The van der Waals surface area contributed by atoms with Gasteiger partial charge in [0, 0.05) is 11.8 Å². The van der Waals surface area contributed by atoms with Crippen LogP contribution in [0.15, 0.2) is 18.2 Å². The van der Waals surface area contributed by atoms with Gasteiger partial charge in [-0.15, -0.1) is 0 Å². The van der Waals surface area contributed by atoms with Crippen molar-refractivity contribution in [3.05, 3.63) is 29.6 Å². The first-order valence-corrected chi connectivity index (χ1v) is 6.63. The van der Waals surface area contributed by atoms with Gasteiger partial charge >= 0.3 is 0 Å². The third-order valence-electron chi connectivity index (χ3n) is 3.50. The predicted molar refractivity (Wildman–Crippen MR) is 74.8 cm³/mol. The second-order valence-electron chi connectivity index (χ2n) is 5.59. The number of aliphatic hydroxyl groups excluding tert-OH is 1. The van der Waals surface area contributed by atoms with Crippen LogP contribution in [0.3, 0.4) is 0 Å². The summed E-state index contributed by atoms with van der Waals surface area (Å²) in [6, 6.07) is 6.24. The van der Waals surface area contributed by atoms with Gasteiger partial charge in [0.05, 0.1) is 17.6 Å². The van der Waals surface area contributed by atoms with Crippen molar-refractivity contribution in [2.45, 2.75) is 39.5 Å². The van der Waals surface area contributed by atoms with Gasteiger partial charge in [0.2, 0.25) is 0 Å². The molecule has 0 saturated heterocycles. The third-order valence-corrected chi connectivity index (χ3v) is 3.50. The zero-order valence-corrected chi connectivity index (χ0v) is 11.6. The maximum absolute atomic E-state index is 9.49. The van der Waals surface area contributed by atoms with Crippen LogP contribution in [0.25, 0.3) is 11.0 Å². The van der Waals surface area contributed by atoms with Crippen LogP contribution >= 0.6 is 0 Å². The maximum atomic E-state index is 9.49. The first-order valence-electron chi connectivity index (χ1n) is 6.63. The first-order chi connectivity index (χ1) is 8.52. The summed E-state index contributed by atoms with van der Waals surface area (Å²) in [5.41, 5.74) is 3.25. The summed E-state index contributed by atoms with van der Waals surface area (Å²) in [5, 5.41) is 9.49. The highest BCUT2D eigenvalue weighted by atomic mass is 16.3. The lowest BCUT2D eigenvalue weighted by Crippen LogP contribution is -2.10. The molecular weight excluding hydrogens is 224 g/mol. The summed E-state index contributed by atoms with van der Waals surface area (Å²) >= 11 is 0. The fraction of sp³-hybridized carbons (Fsp3) is 0.533. The van der Waals surface area contributed by atoms with Gasteiger partial charge in [0.15, 0.2) is 0 Å². The molecule has 0 spiro atoms. The molecule has 2 rings (SSSR count). The number of fused-ring (bicyclic) bond motifs is 1. The Morgan fingerprint density at radius 2 is 1.94 bits per heavy atom. The van der Waals surface area contributed by atoms with E-state index in [1.165, 1.54) is 5.56 Å². The number of hydrogen-bond acceptors (Lipinski definition) is 2. The number of benzene rings is 1. The molecule has 0 aliphatic heterocycles. The van der Waals surface area contributed by atoms with Gasteiger partial charge in [-0.1, -0.05) is 33.8 Å². The maximum Gasteiger partial charge on any atom is 0.109 e. The zero-order valence-electron chi connectivity index (χ0n) is 11.6. The summed E-state index contributed by atoms with van der Waals surface area (Å²) in [5.74, 6) is 2.05. The number of nitrogens with one attached hydrogen (secondary N) is 1. The molecule has 18 heavy (non-hydrogen) atoms. The van der Waals surface area contributed by atoms with Crippen LogP contribution in [-0.4, -0.2) is 21.7 Å². The van der Waals surface area contributed by atoms with Crippen molar-refractivity contribution in [3.8, 4) is 0 Å². The van der Waals surface area contributed by atoms with Crippen LogP contribution in [0.5, 0.6) is 0 Å². The summed E-state index contributed by atoms with van der Waals surface area (Å²) in [4.78, 5) is 7.93. The van der Waals surface area contributed by atoms with Gasteiger partial charge in [-0.25, -0.2) is 4.98 Å². The Hall–Kier alpha value is -1.35. The normalized spacial score (nSPS) is 13.7. The fourth-order valence-electron chi connectivity index (χ4n) is 2.25. The highest BCUT2D eigenvalue weighted by Crippen LogP contribution is 2.27. The Kier molecular flexibility index (Phi) is 3.71. The molecule has 0 amide bonds. The van der Waals surface area contributed by atoms with Crippen molar-refractivity contribution in [1.82, 2.24) is 9.97 Å². The van der Waals surface area contributed by atoms with E-state index in [1.807, 2.05) is 6.07 Å². The van der Waals surface area contributed by atoms with E-state index in [-0.39, 0.29) is 12.5 Å². The topological polar surface area (TPSA) is 48.9 Å². The molecule has 0 bridgehead atoms. The van der Waals surface area contributed by atoms with Crippen molar-refractivity contribution in [2.75, 3.05) is 6.61 Å². The quantitative estimate of drug-likeness (QED) is 0.868. The van der Waals surface area contributed by atoms with Gasteiger partial charge < -0.3 is 10.1 Å². The van der Waals surface area contributed by atoms with Crippen LogP contribution in [-0.2, 0) is 0 Å². The summed E-state index contributed by atoms with van der Waals surface area (Å²) < 4.78 is 0. The van der Waals surface area contributed by atoms with Gasteiger partial charge in [-0.2, -0.15) is 0 Å². The molecule has 0 fully saturated rings. The molecule has 1 heterocycles. The van der Waals surface area contributed by atoms with E-state index in [0.29, 0.717) is 11.8 Å². The van der Waals surface area contributed by atoms with Crippen molar-refractivity contribution in [1.29, 1.82) is 0 Å². The SMILES string of the molecule is CC(C)c1nc2ccc(C(CO)C(C)C)cc2[nH]1. The lowest BCUT2D eigenvalue weighted by Gasteiger charge is -2.18. The molecule has 1 unspecified atom stereocenters. The van der Waals surface area contributed by atoms with E-state index in [0.717, 1.165) is 16.9 Å². The highest BCUT2D eigenvalue weighted by Gasteiger charge is 2.16. The largest absolute Gasteiger partial charge is 0.396 e. The molecular formula is C15H22N2O. The number of imidazole rings is 1. The number of nitrogens with zero attached hydrogens (tertiary/aromatic N) is 1. The van der Waals surface area contributed by atoms with E-state index in [9.17, 15) is 5.11 Å². The minimum Gasteiger partial charge on any atom is -0.396 e. The van der Waals surface area contributed by atoms with Crippen molar-refractivity contribution in [2.24, 2.45) is 5.92 Å². The molecule has 0 aliphatic carbocycles. The lowest BCUT2D eigenvalue weighted by atomic mass is 9.89. The van der Waals surface area contributed by atoms with E-state index in [4.69, 9.17) is 0 Å². The van der Waals surface area contributed by atoms with Gasteiger partial charge in [-0.05, 0) is 23.6 Å². The fourth-order valence-corrected chi connectivity index (χ4v) is 2.25. The van der Waals surface area contributed by atoms with E-state index in [1.54, 1.807) is 0 Å². The Morgan fingerprint density at radius 3 is 2.50 bits per heavy atom. The number of aromatic nitrogens is 2. The standard InChI is InChI=1S/C15H22N2O/c1-9(2)12(8-18)11-5-6-13-14(7-11)17-15(16-13)10(3)4/h5-7,9-10,12,18H,8H2,1-4H3,(H,16,17). The average Bonchev–Trinajstić information content (AvgIpc) is 2.72. The molecule has 0 saturated carbocycles.